The number of benzene rings is 2. The van der Waals surface area contributed by atoms with E-state index in [1.54, 1.807) is 18.2 Å². The molecule has 0 unspecified atom stereocenters. The summed E-state index contributed by atoms with van der Waals surface area (Å²) in [7, 11) is -3.90. The van der Waals surface area contributed by atoms with Gasteiger partial charge in [-0.3, -0.25) is 4.72 Å². The largest absolute Gasteiger partial charge is 0.398 e. The highest BCUT2D eigenvalue weighted by molar-refractivity contribution is 9.11. The van der Waals surface area contributed by atoms with Gasteiger partial charge in [0.15, 0.2) is 0 Å². The summed E-state index contributed by atoms with van der Waals surface area (Å²) in [6, 6.07) is 8.16. The molecule has 112 valence electrons. The smallest absolute Gasteiger partial charge is 0.265 e. The summed E-state index contributed by atoms with van der Waals surface area (Å²) in [6.07, 6.45) is 0. The first kappa shape index (κ1) is 16.6. The Bertz CT molecular complexity index is 767. The van der Waals surface area contributed by atoms with Gasteiger partial charge in [-0.2, -0.15) is 0 Å². The van der Waals surface area contributed by atoms with Crippen LogP contribution in [0.25, 0.3) is 0 Å². The van der Waals surface area contributed by atoms with E-state index >= 15 is 0 Å². The Labute approximate surface area is 145 Å². The molecule has 0 aliphatic heterocycles. The average Bonchev–Trinajstić information content (AvgIpc) is 2.33. The fourth-order valence-corrected chi connectivity index (χ4v) is 5.45. The maximum absolute atomic E-state index is 12.5. The first-order valence-corrected chi connectivity index (χ1v) is 9.19. The van der Waals surface area contributed by atoms with Crippen molar-refractivity contribution in [2.24, 2.45) is 0 Å². The van der Waals surface area contributed by atoms with Crippen LogP contribution in [-0.4, -0.2) is 8.42 Å². The molecule has 8 heteroatoms. The lowest BCUT2D eigenvalue weighted by atomic mass is 10.2. The molecule has 2 rings (SSSR count). The van der Waals surface area contributed by atoms with Crippen LogP contribution in [0, 0.1) is 6.92 Å². The monoisotopic (exact) mass is 452 g/mol. The summed E-state index contributed by atoms with van der Waals surface area (Å²) < 4.78 is 28.8. The standard InChI is InChI=1S/C13H11Br2ClN2O2S/c1-7-5-8(14)12(9(15)6-7)18-21(19,20)13-10(16)3-2-4-11(13)17/h2-6,18H,17H2,1H3. The molecule has 0 amide bonds. The minimum Gasteiger partial charge on any atom is -0.398 e. The second-order valence-electron chi connectivity index (χ2n) is 4.37. The Morgan fingerprint density at radius 1 is 1.19 bits per heavy atom. The van der Waals surface area contributed by atoms with Crippen molar-refractivity contribution in [1.29, 1.82) is 0 Å². The highest BCUT2D eigenvalue weighted by Crippen LogP contribution is 2.36. The molecule has 4 nitrogen and oxygen atoms in total. The molecule has 0 bridgehead atoms. The van der Waals surface area contributed by atoms with Crippen molar-refractivity contribution < 1.29 is 8.42 Å². The van der Waals surface area contributed by atoms with Crippen LogP contribution in [-0.2, 0) is 10.0 Å². The molecule has 0 aromatic heterocycles. The predicted molar refractivity (Wildman–Crippen MR) is 93.3 cm³/mol. The number of nitrogens with one attached hydrogen (secondary N) is 1. The molecule has 2 aromatic rings. The number of hydrogen-bond acceptors (Lipinski definition) is 3. The molecule has 0 radical (unpaired) electrons. The summed E-state index contributed by atoms with van der Waals surface area (Å²) in [6.45, 7) is 1.90. The van der Waals surface area contributed by atoms with Gasteiger partial charge in [-0.1, -0.05) is 17.7 Å². The van der Waals surface area contributed by atoms with Crippen LogP contribution in [0.15, 0.2) is 44.2 Å². The third-order valence-corrected chi connectivity index (χ3v) is 5.83. The van der Waals surface area contributed by atoms with E-state index in [9.17, 15) is 8.42 Å². The molecule has 0 heterocycles. The first-order valence-electron chi connectivity index (χ1n) is 5.75. The van der Waals surface area contributed by atoms with Crippen molar-refractivity contribution in [2.45, 2.75) is 11.8 Å². The van der Waals surface area contributed by atoms with Gasteiger partial charge in [0.05, 0.1) is 16.4 Å². The molecular formula is C13H11Br2ClN2O2S. The van der Waals surface area contributed by atoms with Crippen molar-refractivity contribution in [3.05, 3.63) is 49.9 Å². The van der Waals surface area contributed by atoms with E-state index in [1.807, 2.05) is 6.92 Å². The number of nitrogens with two attached hydrogens (primary N) is 1. The van der Waals surface area contributed by atoms with E-state index in [0.717, 1.165) is 5.56 Å². The lowest BCUT2D eigenvalue weighted by Crippen LogP contribution is -2.16. The van der Waals surface area contributed by atoms with Crippen molar-refractivity contribution in [2.75, 3.05) is 10.5 Å². The summed E-state index contributed by atoms with van der Waals surface area (Å²) in [5.41, 5.74) is 7.20. The lowest BCUT2D eigenvalue weighted by molar-refractivity contribution is 0.601. The topological polar surface area (TPSA) is 72.2 Å². The Balaban J connectivity index is 2.53. The van der Waals surface area contributed by atoms with Crippen LogP contribution in [0.1, 0.15) is 5.56 Å². The first-order chi connectivity index (χ1) is 9.72. The van der Waals surface area contributed by atoms with Crippen molar-refractivity contribution in [3.63, 3.8) is 0 Å². The zero-order chi connectivity index (χ0) is 15.8. The molecule has 0 atom stereocenters. The fourth-order valence-electron chi connectivity index (χ4n) is 1.79. The predicted octanol–water partition coefficient (Wildman–Crippen LogP) is 4.56. The molecule has 2 aromatic carbocycles. The highest BCUT2D eigenvalue weighted by Gasteiger charge is 2.23. The number of sulfonamides is 1. The van der Waals surface area contributed by atoms with Crippen LogP contribution < -0.4 is 10.5 Å². The summed E-state index contributed by atoms with van der Waals surface area (Å²) >= 11 is 12.6. The SMILES string of the molecule is Cc1cc(Br)c(NS(=O)(=O)c2c(N)cccc2Cl)c(Br)c1. The van der Waals surface area contributed by atoms with Crippen LogP contribution in [0.2, 0.25) is 5.02 Å². The second-order valence-corrected chi connectivity index (χ2v) is 8.10. The average molecular weight is 455 g/mol. The Morgan fingerprint density at radius 3 is 2.29 bits per heavy atom. The maximum Gasteiger partial charge on any atom is 0.265 e. The van der Waals surface area contributed by atoms with Crippen LogP contribution >= 0.6 is 43.5 Å². The van der Waals surface area contributed by atoms with Gasteiger partial charge in [-0.25, -0.2) is 8.42 Å². The van der Waals surface area contributed by atoms with Crippen molar-refractivity contribution >= 4 is 64.9 Å². The second kappa shape index (κ2) is 6.16. The van der Waals surface area contributed by atoms with Gasteiger partial charge in [0, 0.05) is 8.95 Å². The van der Waals surface area contributed by atoms with E-state index in [2.05, 4.69) is 36.6 Å². The van der Waals surface area contributed by atoms with Crippen LogP contribution in [0.3, 0.4) is 0 Å². The Hall–Kier alpha value is -0.760. The number of anilines is 2. The van der Waals surface area contributed by atoms with E-state index in [1.165, 1.54) is 12.1 Å². The van der Waals surface area contributed by atoms with Gasteiger partial charge in [0.25, 0.3) is 10.0 Å². The molecule has 3 N–H and O–H groups in total. The zero-order valence-electron chi connectivity index (χ0n) is 10.8. The molecular weight excluding hydrogens is 443 g/mol. The molecule has 0 saturated heterocycles. The lowest BCUT2D eigenvalue weighted by Gasteiger charge is -2.14. The third kappa shape index (κ3) is 3.53. The molecule has 0 aliphatic rings. The molecule has 0 fully saturated rings. The van der Waals surface area contributed by atoms with Gasteiger partial charge in [0.2, 0.25) is 0 Å². The molecule has 0 spiro atoms. The number of nitrogen functional groups attached to an aromatic ring is 1. The Morgan fingerprint density at radius 2 is 1.76 bits per heavy atom. The number of halogens is 3. The van der Waals surface area contributed by atoms with Crippen LogP contribution in [0.5, 0.6) is 0 Å². The summed E-state index contributed by atoms with van der Waals surface area (Å²) in [5.74, 6) is 0. The third-order valence-electron chi connectivity index (χ3n) is 2.69. The van der Waals surface area contributed by atoms with Gasteiger partial charge in [-0.05, 0) is 68.6 Å². The number of aryl methyl sites for hydroxylation is 1. The van der Waals surface area contributed by atoms with E-state index in [4.69, 9.17) is 17.3 Å². The van der Waals surface area contributed by atoms with E-state index < -0.39 is 10.0 Å². The summed E-state index contributed by atoms with van der Waals surface area (Å²) in [4.78, 5) is -0.133. The van der Waals surface area contributed by atoms with Gasteiger partial charge in [0.1, 0.15) is 4.90 Å². The quantitative estimate of drug-likeness (QED) is 0.668. The number of hydrogen-bond donors (Lipinski definition) is 2. The zero-order valence-corrected chi connectivity index (χ0v) is 15.6. The van der Waals surface area contributed by atoms with Gasteiger partial charge >= 0.3 is 0 Å². The normalized spacial score (nSPS) is 11.4. The number of rotatable bonds is 3. The molecule has 0 aliphatic carbocycles. The maximum atomic E-state index is 12.5. The minimum absolute atomic E-state index is 0.0712. The molecule has 0 saturated carbocycles. The van der Waals surface area contributed by atoms with Crippen molar-refractivity contribution in [3.8, 4) is 0 Å². The highest BCUT2D eigenvalue weighted by atomic mass is 79.9. The van der Waals surface area contributed by atoms with Gasteiger partial charge in [-0.15, -0.1) is 0 Å². The van der Waals surface area contributed by atoms with Crippen molar-refractivity contribution in [1.82, 2.24) is 0 Å². The van der Waals surface area contributed by atoms with E-state index in [0.29, 0.717) is 14.6 Å². The van der Waals surface area contributed by atoms with Gasteiger partial charge < -0.3 is 5.73 Å². The fraction of sp³-hybridized carbons (Fsp3) is 0.0769. The minimum atomic E-state index is -3.90. The van der Waals surface area contributed by atoms with Crippen LogP contribution in [0.4, 0.5) is 11.4 Å². The Kier molecular flexibility index (Phi) is 4.87. The summed E-state index contributed by atoms with van der Waals surface area (Å²) in [5, 5.41) is 0.0712. The van der Waals surface area contributed by atoms with E-state index in [-0.39, 0.29) is 15.6 Å². The molecule has 21 heavy (non-hydrogen) atoms.